The molecule has 0 aromatic carbocycles. The molecule has 2 saturated carbocycles. The van der Waals surface area contributed by atoms with Gasteiger partial charge in [-0.05, 0) is 36.9 Å². The lowest BCUT2D eigenvalue weighted by atomic mass is 9.65. The molecule has 2 aliphatic rings. The van der Waals surface area contributed by atoms with Gasteiger partial charge in [0, 0.05) is 5.25 Å². The number of rotatable bonds is 2. The molecule has 4 atom stereocenters. The molecule has 0 bridgehead atoms. The quantitative estimate of drug-likeness (QED) is 0.613. The third-order valence-electron chi connectivity index (χ3n) is 3.76. The normalized spacial score (nSPS) is 48.5. The van der Waals surface area contributed by atoms with Gasteiger partial charge in [-0.1, -0.05) is 19.8 Å². The van der Waals surface area contributed by atoms with Crippen molar-refractivity contribution in [1.82, 2.24) is 0 Å². The van der Waals surface area contributed by atoms with Gasteiger partial charge in [-0.2, -0.15) is 11.8 Å². The third-order valence-corrected chi connectivity index (χ3v) is 5.01. The molecular formula is C10H18S. The number of hydrogen-bond donors (Lipinski definition) is 0. The summed E-state index contributed by atoms with van der Waals surface area (Å²) in [5, 5.41) is 1.03. The molecule has 0 heterocycles. The molecule has 4 unspecified atom stereocenters. The highest BCUT2D eigenvalue weighted by Gasteiger charge is 2.50. The minimum Gasteiger partial charge on any atom is -0.161 e. The summed E-state index contributed by atoms with van der Waals surface area (Å²) in [5.41, 5.74) is 0. The summed E-state index contributed by atoms with van der Waals surface area (Å²) in [4.78, 5) is 0. The first-order chi connectivity index (χ1) is 5.38. The highest BCUT2D eigenvalue weighted by molar-refractivity contribution is 7.99. The third kappa shape index (κ3) is 1.04. The molecule has 0 amide bonds. The maximum Gasteiger partial charge on any atom is 0.0106 e. The van der Waals surface area contributed by atoms with Gasteiger partial charge in [-0.25, -0.2) is 0 Å². The van der Waals surface area contributed by atoms with Crippen LogP contribution < -0.4 is 0 Å². The number of hydrogen-bond acceptors (Lipinski definition) is 1. The van der Waals surface area contributed by atoms with Crippen LogP contribution in [0.5, 0.6) is 0 Å². The van der Waals surface area contributed by atoms with Crippen LogP contribution in [0.25, 0.3) is 0 Å². The minimum absolute atomic E-state index is 1.03. The van der Waals surface area contributed by atoms with Crippen LogP contribution in [-0.2, 0) is 0 Å². The smallest absolute Gasteiger partial charge is 0.0106 e. The molecule has 0 aliphatic heterocycles. The fraction of sp³-hybridized carbons (Fsp3) is 1.00. The molecule has 11 heavy (non-hydrogen) atoms. The highest BCUT2D eigenvalue weighted by Crippen LogP contribution is 2.56. The van der Waals surface area contributed by atoms with Crippen LogP contribution in [0.1, 0.15) is 32.6 Å². The van der Waals surface area contributed by atoms with E-state index in [4.69, 9.17) is 0 Å². The van der Waals surface area contributed by atoms with Gasteiger partial charge in [0.2, 0.25) is 0 Å². The van der Waals surface area contributed by atoms with Gasteiger partial charge in [-0.15, -0.1) is 0 Å². The Morgan fingerprint density at radius 2 is 2.00 bits per heavy atom. The van der Waals surface area contributed by atoms with Crippen molar-refractivity contribution in [2.24, 2.45) is 17.8 Å². The lowest BCUT2D eigenvalue weighted by Gasteiger charge is -2.48. The Bertz CT molecular complexity index is 128. The lowest BCUT2D eigenvalue weighted by molar-refractivity contribution is 0.113. The number of fused-ring (bicyclic) bond motifs is 1. The predicted octanol–water partition coefficient (Wildman–Crippen LogP) is 3.17. The van der Waals surface area contributed by atoms with Gasteiger partial charge in [0.1, 0.15) is 0 Å². The molecule has 0 N–H and O–H groups in total. The summed E-state index contributed by atoms with van der Waals surface area (Å²) in [7, 11) is 0. The Kier molecular flexibility index (Phi) is 2.18. The SMILES string of the molecule is CCC1C2CCCC2C1SC. The van der Waals surface area contributed by atoms with Crippen molar-refractivity contribution in [1.29, 1.82) is 0 Å². The van der Waals surface area contributed by atoms with E-state index < -0.39 is 0 Å². The van der Waals surface area contributed by atoms with Crippen LogP contribution in [0.2, 0.25) is 0 Å². The van der Waals surface area contributed by atoms with Crippen molar-refractivity contribution >= 4 is 11.8 Å². The summed E-state index contributed by atoms with van der Waals surface area (Å²) in [6.07, 6.45) is 8.31. The average Bonchev–Trinajstić information content (AvgIpc) is 2.36. The van der Waals surface area contributed by atoms with Crippen molar-refractivity contribution in [3.63, 3.8) is 0 Å². The van der Waals surface area contributed by atoms with Crippen LogP contribution in [0.15, 0.2) is 0 Å². The van der Waals surface area contributed by atoms with Crippen LogP contribution >= 0.6 is 11.8 Å². The standard InChI is InChI=1S/C10H18S/c1-3-7-8-5-4-6-9(8)10(7)11-2/h7-10H,3-6H2,1-2H3. The molecule has 0 radical (unpaired) electrons. The van der Waals surface area contributed by atoms with Crippen LogP contribution in [-0.4, -0.2) is 11.5 Å². The Labute approximate surface area is 74.1 Å². The first-order valence-corrected chi connectivity index (χ1v) is 6.20. The summed E-state index contributed by atoms with van der Waals surface area (Å²) in [5.74, 6) is 3.34. The predicted molar refractivity (Wildman–Crippen MR) is 51.9 cm³/mol. The van der Waals surface area contributed by atoms with Gasteiger partial charge >= 0.3 is 0 Å². The van der Waals surface area contributed by atoms with E-state index in [1.807, 2.05) is 0 Å². The average molecular weight is 170 g/mol. The van der Waals surface area contributed by atoms with Crippen LogP contribution in [0, 0.1) is 17.8 Å². The molecule has 64 valence electrons. The molecule has 2 rings (SSSR count). The van der Waals surface area contributed by atoms with E-state index in [0.717, 1.165) is 23.0 Å². The maximum absolute atomic E-state index is 2.36. The van der Waals surface area contributed by atoms with Gasteiger partial charge in [0.25, 0.3) is 0 Å². The van der Waals surface area contributed by atoms with Crippen molar-refractivity contribution in [2.45, 2.75) is 37.9 Å². The van der Waals surface area contributed by atoms with E-state index in [9.17, 15) is 0 Å². The second-order valence-corrected chi connectivity index (χ2v) is 5.05. The van der Waals surface area contributed by atoms with E-state index >= 15 is 0 Å². The summed E-state index contributed by atoms with van der Waals surface area (Å²) in [6.45, 7) is 2.36. The van der Waals surface area contributed by atoms with Crippen molar-refractivity contribution in [3.8, 4) is 0 Å². The van der Waals surface area contributed by atoms with E-state index in [2.05, 4.69) is 24.9 Å². The minimum atomic E-state index is 1.03. The van der Waals surface area contributed by atoms with Crippen LogP contribution in [0.3, 0.4) is 0 Å². The van der Waals surface area contributed by atoms with Gasteiger partial charge in [-0.3, -0.25) is 0 Å². The Morgan fingerprint density at radius 3 is 2.64 bits per heavy atom. The van der Waals surface area contributed by atoms with E-state index in [1.165, 1.54) is 19.3 Å². The monoisotopic (exact) mass is 170 g/mol. The maximum atomic E-state index is 2.36. The largest absolute Gasteiger partial charge is 0.161 e. The molecule has 0 saturated heterocycles. The first-order valence-electron chi connectivity index (χ1n) is 4.91. The van der Waals surface area contributed by atoms with Crippen LogP contribution in [0.4, 0.5) is 0 Å². The highest BCUT2D eigenvalue weighted by atomic mass is 32.2. The fourth-order valence-electron chi connectivity index (χ4n) is 3.26. The summed E-state index contributed by atoms with van der Waals surface area (Å²) in [6, 6.07) is 0. The molecule has 0 aromatic heterocycles. The Hall–Kier alpha value is 0.350. The first kappa shape index (κ1) is 7.97. The van der Waals surface area contributed by atoms with E-state index in [1.54, 1.807) is 6.42 Å². The van der Waals surface area contributed by atoms with E-state index in [0.29, 0.717) is 0 Å². The fourth-order valence-corrected chi connectivity index (χ4v) is 4.69. The van der Waals surface area contributed by atoms with E-state index in [-0.39, 0.29) is 0 Å². The molecule has 2 aliphatic carbocycles. The zero-order valence-electron chi connectivity index (χ0n) is 7.55. The Balaban J connectivity index is 2.00. The van der Waals surface area contributed by atoms with Crippen molar-refractivity contribution in [2.75, 3.05) is 6.26 Å². The zero-order chi connectivity index (χ0) is 7.84. The molecule has 2 fully saturated rings. The Morgan fingerprint density at radius 1 is 1.27 bits per heavy atom. The van der Waals surface area contributed by atoms with Gasteiger partial charge in [0.15, 0.2) is 0 Å². The summed E-state index contributed by atoms with van der Waals surface area (Å²) >= 11 is 2.12. The van der Waals surface area contributed by atoms with Gasteiger partial charge in [0.05, 0.1) is 0 Å². The second kappa shape index (κ2) is 3.01. The zero-order valence-corrected chi connectivity index (χ0v) is 8.36. The molecular weight excluding hydrogens is 152 g/mol. The molecule has 1 heteroatoms. The molecule has 0 aromatic rings. The second-order valence-electron chi connectivity index (χ2n) is 4.03. The van der Waals surface area contributed by atoms with Crippen molar-refractivity contribution in [3.05, 3.63) is 0 Å². The lowest BCUT2D eigenvalue weighted by Crippen LogP contribution is -2.45. The van der Waals surface area contributed by atoms with Crippen molar-refractivity contribution < 1.29 is 0 Å². The molecule has 0 spiro atoms. The molecule has 0 nitrogen and oxygen atoms in total. The summed E-state index contributed by atoms with van der Waals surface area (Å²) < 4.78 is 0. The topological polar surface area (TPSA) is 0 Å². The van der Waals surface area contributed by atoms with Gasteiger partial charge < -0.3 is 0 Å². The number of thioether (sulfide) groups is 1.